The van der Waals surface area contributed by atoms with Gasteiger partial charge in [0.15, 0.2) is 0 Å². The van der Waals surface area contributed by atoms with Crippen LogP contribution in [-0.4, -0.2) is 44.5 Å². The number of carbonyl (C=O) groups excluding carboxylic acids is 1. The SMILES string of the molecule is C=C1/C(=C\C=C2/CCCC3(C)C(C/C=C/C(OC(=O)c4ccccn4)C4(c5ncc(CCCC)o5)CC4)CCC23)CC(O)CC1O. The molecule has 6 unspecified atom stereocenters. The number of carbonyl (C=O) groups is 1. The van der Waals surface area contributed by atoms with Gasteiger partial charge in [-0.2, -0.15) is 0 Å². The number of aryl methyl sites for hydroxylation is 1. The molecule has 2 heterocycles. The van der Waals surface area contributed by atoms with Gasteiger partial charge < -0.3 is 19.4 Å². The first kappa shape index (κ1) is 32.6. The van der Waals surface area contributed by atoms with Crippen molar-refractivity contribution in [3.63, 3.8) is 0 Å². The maximum atomic E-state index is 13.2. The Morgan fingerprint density at radius 3 is 2.80 bits per heavy atom. The summed E-state index contributed by atoms with van der Waals surface area (Å²) in [4.78, 5) is 22.1. The lowest BCUT2D eigenvalue weighted by Crippen LogP contribution is -2.33. The van der Waals surface area contributed by atoms with Gasteiger partial charge in [-0.3, -0.25) is 0 Å². The summed E-state index contributed by atoms with van der Waals surface area (Å²) in [7, 11) is 0. The second kappa shape index (κ2) is 13.8. The van der Waals surface area contributed by atoms with E-state index in [4.69, 9.17) is 9.15 Å². The Hall–Kier alpha value is -3.29. The molecular formula is C39H50N2O5. The molecule has 2 aromatic heterocycles. The number of rotatable bonds is 11. The van der Waals surface area contributed by atoms with Crippen LogP contribution in [0.15, 0.2) is 82.6 Å². The van der Waals surface area contributed by atoms with E-state index in [9.17, 15) is 15.0 Å². The summed E-state index contributed by atoms with van der Waals surface area (Å²) in [6, 6.07) is 5.28. The third-order valence-corrected chi connectivity index (χ3v) is 11.4. The molecule has 4 aliphatic carbocycles. The summed E-state index contributed by atoms with van der Waals surface area (Å²) in [5.41, 5.74) is 3.25. The number of hydrogen-bond donors (Lipinski definition) is 2. The van der Waals surface area contributed by atoms with Gasteiger partial charge in [-0.05, 0) is 111 Å². The Kier molecular flexibility index (Phi) is 9.81. The van der Waals surface area contributed by atoms with Crippen molar-refractivity contribution in [2.75, 3.05) is 0 Å². The van der Waals surface area contributed by atoms with E-state index in [1.807, 2.05) is 6.20 Å². The lowest BCUT2D eigenvalue weighted by atomic mass is 9.63. The van der Waals surface area contributed by atoms with Crippen LogP contribution in [0.1, 0.15) is 113 Å². The predicted molar refractivity (Wildman–Crippen MR) is 178 cm³/mol. The summed E-state index contributed by atoms with van der Waals surface area (Å²) in [6.45, 7) is 8.72. The largest absolute Gasteiger partial charge is 0.452 e. The fourth-order valence-electron chi connectivity index (χ4n) is 8.32. The molecule has 0 bridgehead atoms. The van der Waals surface area contributed by atoms with Crippen LogP contribution in [0.5, 0.6) is 0 Å². The van der Waals surface area contributed by atoms with E-state index >= 15 is 0 Å². The Bertz CT molecular complexity index is 1480. The van der Waals surface area contributed by atoms with E-state index < -0.39 is 29.7 Å². The van der Waals surface area contributed by atoms with Crippen molar-refractivity contribution in [2.24, 2.45) is 17.3 Å². The molecule has 4 aliphatic rings. The number of fused-ring (bicyclic) bond motifs is 1. The number of nitrogens with zero attached hydrogens (tertiary/aromatic N) is 2. The Morgan fingerprint density at radius 1 is 1.20 bits per heavy atom. The van der Waals surface area contributed by atoms with E-state index in [0.717, 1.165) is 81.1 Å². The molecule has 0 aliphatic heterocycles. The minimum Gasteiger partial charge on any atom is -0.452 e. The number of oxazole rings is 1. The first-order valence-corrected chi connectivity index (χ1v) is 17.4. The third kappa shape index (κ3) is 6.72. The van der Waals surface area contributed by atoms with Crippen molar-refractivity contribution in [3.8, 4) is 0 Å². The summed E-state index contributed by atoms with van der Waals surface area (Å²) >= 11 is 0. The summed E-state index contributed by atoms with van der Waals surface area (Å²) in [6.07, 6.45) is 22.8. The molecule has 2 N–H and O–H groups in total. The minimum absolute atomic E-state index is 0.198. The number of aromatic nitrogens is 2. The zero-order valence-electron chi connectivity index (χ0n) is 27.5. The van der Waals surface area contributed by atoms with E-state index in [1.54, 1.807) is 24.4 Å². The molecule has 2 aromatic rings. The highest BCUT2D eigenvalue weighted by Crippen LogP contribution is 2.59. The van der Waals surface area contributed by atoms with E-state index in [2.05, 4.69) is 54.7 Å². The van der Waals surface area contributed by atoms with Gasteiger partial charge in [0.1, 0.15) is 17.6 Å². The maximum absolute atomic E-state index is 13.2. The highest BCUT2D eigenvalue weighted by atomic mass is 16.5. The van der Waals surface area contributed by atoms with Crippen LogP contribution in [-0.2, 0) is 16.6 Å². The van der Waals surface area contributed by atoms with Crippen molar-refractivity contribution in [1.29, 1.82) is 0 Å². The number of ether oxygens (including phenoxy) is 1. The second-order valence-electron chi connectivity index (χ2n) is 14.4. The Morgan fingerprint density at radius 2 is 2.04 bits per heavy atom. The zero-order valence-corrected chi connectivity index (χ0v) is 27.5. The summed E-state index contributed by atoms with van der Waals surface area (Å²) in [5.74, 6) is 2.19. The monoisotopic (exact) mass is 626 g/mol. The first-order valence-electron chi connectivity index (χ1n) is 17.4. The number of pyridine rings is 1. The van der Waals surface area contributed by atoms with Gasteiger partial charge in [-0.25, -0.2) is 14.8 Å². The first-order chi connectivity index (χ1) is 22.2. The molecule has 4 saturated carbocycles. The molecule has 7 heteroatoms. The van der Waals surface area contributed by atoms with E-state index in [-0.39, 0.29) is 5.41 Å². The highest BCUT2D eigenvalue weighted by molar-refractivity contribution is 5.87. The number of unbranched alkanes of at least 4 members (excludes halogenated alkanes) is 1. The van der Waals surface area contributed by atoms with Gasteiger partial charge in [0, 0.05) is 19.0 Å². The zero-order chi connectivity index (χ0) is 32.3. The minimum atomic E-state index is -0.666. The Balaban J connectivity index is 1.18. The van der Waals surface area contributed by atoms with Crippen LogP contribution in [0.2, 0.25) is 0 Å². The topological polar surface area (TPSA) is 106 Å². The number of allylic oxidation sites excluding steroid dienone is 4. The van der Waals surface area contributed by atoms with Crippen LogP contribution >= 0.6 is 0 Å². The van der Waals surface area contributed by atoms with Crippen LogP contribution in [0.25, 0.3) is 0 Å². The molecule has 6 rings (SSSR count). The summed E-state index contributed by atoms with van der Waals surface area (Å²) < 4.78 is 12.4. The third-order valence-electron chi connectivity index (χ3n) is 11.4. The summed E-state index contributed by atoms with van der Waals surface area (Å²) in [5, 5.41) is 20.5. The predicted octanol–water partition coefficient (Wildman–Crippen LogP) is 7.76. The van der Waals surface area contributed by atoms with Crippen molar-refractivity contribution < 1.29 is 24.2 Å². The molecule has 46 heavy (non-hydrogen) atoms. The van der Waals surface area contributed by atoms with Gasteiger partial charge in [0.2, 0.25) is 5.89 Å². The standard InChI is InChI=1S/C39H50N2O5/c1-4-5-12-31-25-41-37(45-31)39(20-21-39)35(46-36(44)33-13-6-7-22-40-33)14-8-11-29-17-18-32-27(10-9-19-38(29,32)3)15-16-28-23-30(42)24-34(43)26(28)2/h6-8,13-16,22,25,29-30,32,34-35,42-43H,2,4-5,9-12,17-21,23-24H2,1,3H3/b14-8+,27-15+,28-16-. The number of hydrogen-bond acceptors (Lipinski definition) is 7. The number of esters is 1. The Labute approximate surface area is 273 Å². The molecule has 4 fully saturated rings. The quantitative estimate of drug-likeness (QED) is 0.194. The van der Waals surface area contributed by atoms with Gasteiger partial charge in [-0.1, -0.05) is 56.7 Å². The molecule has 246 valence electrons. The van der Waals surface area contributed by atoms with Crippen LogP contribution in [0, 0.1) is 17.3 Å². The van der Waals surface area contributed by atoms with Crippen LogP contribution in [0.3, 0.4) is 0 Å². The molecule has 0 spiro atoms. The molecule has 7 nitrogen and oxygen atoms in total. The van der Waals surface area contributed by atoms with Gasteiger partial charge in [-0.15, -0.1) is 0 Å². The molecular weight excluding hydrogens is 576 g/mol. The van der Waals surface area contributed by atoms with E-state index in [1.165, 1.54) is 12.0 Å². The average Bonchev–Trinajstić information content (AvgIpc) is 3.59. The lowest BCUT2D eigenvalue weighted by molar-refractivity contribution is 0.0289. The molecule has 6 atom stereocenters. The van der Waals surface area contributed by atoms with Crippen molar-refractivity contribution in [3.05, 3.63) is 95.5 Å². The second-order valence-corrected chi connectivity index (χ2v) is 14.4. The van der Waals surface area contributed by atoms with Crippen LogP contribution < -0.4 is 0 Å². The van der Waals surface area contributed by atoms with Crippen LogP contribution in [0.4, 0.5) is 0 Å². The number of aliphatic hydroxyl groups excluding tert-OH is 2. The van der Waals surface area contributed by atoms with Crippen molar-refractivity contribution >= 4 is 5.97 Å². The van der Waals surface area contributed by atoms with Gasteiger partial charge in [0.25, 0.3) is 0 Å². The van der Waals surface area contributed by atoms with Crippen molar-refractivity contribution in [2.45, 2.75) is 121 Å². The fraction of sp³-hybridized carbons (Fsp3) is 0.564. The average molecular weight is 627 g/mol. The van der Waals surface area contributed by atoms with E-state index in [0.29, 0.717) is 36.3 Å². The van der Waals surface area contributed by atoms with Gasteiger partial charge >= 0.3 is 5.97 Å². The molecule has 0 aromatic carbocycles. The smallest absolute Gasteiger partial charge is 0.357 e. The lowest BCUT2D eigenvalue weighted by Gasteiger charge is -2.42. The molecule has 0 radical (unpaired) electrons. The van der Waals surface area contributed by atoms with Gasteiger partial charge in [0.05, 0.1) is 23.8 Å². The fourth-order valence-corrected chi connectivity index (χ4v) is 8.32. The van der Waals surface area contributed by atoms with Crippen molar-refractivity contribution in [1.82, 2.24) is 9.97 Å². The molecule has 0 saturated heterocycles. The highest BCUT2D eigenvalue weighted by Gasteiger charge is 2.56. The normalized spacial score (nSPS) is 31.3. The molecule has 0 amide bonds. The maximum Gasteiger partial charge on any atom is 0.357 e. The number of aliphatic hydroxyl groups is 2.